The van der Waals surface area contributed by atoms with Crippen molar-refractivity contribution in [2.45, 2.75) is 38.2 Å². The zero-order valence-electron chi connectivity index (χ0n) is 12.3. The van der Waals surface area contributed by atoms with Gasteiger partial charge in [-0.2, -0.15) is 0 Å². The number of nitrogens with zero attached hydrogens (tertiary/aromatic N) is 3. The number of anilines is 1. The van der Waals surface area contributed by atoms with Crippen LogP contribution in [0.4, 0.5) is 5.82 Å². The first-order chi connectivity index (χ1) is 10.1. The quantitative estimate of drug-likeness (QED) is 0.331. The lowest BCUT2D eigenvalue weighted by molar-refractivity contribution is 0.0464. The van der Waals surface area contributed by atoms with Crippen LogP contribution in [0.25, 0.3) is 0 Å². The minimum Gasteiger partial charge on any atom is -0.409 e. The first-order valence-electron chi connectivity index (χ1n) is 7.48. The van der Waals surface area contributed by atoms with Crippen LogP contribution in [0.15, 0.2) is 11.2 Å². The Morgan fingerprint density at radius 2 is 2.24 bits per heavy atom. The molecule has 1 aromatic heterocycles. The summed E-state index contributed by atoms with van der Waals surface area (Å²) in [5, 5.41) is 21.5. The summed E-state index contributed by atoms with van der Waals surface area (Å²) in [7, 11) is 1.97. The van der Waals surface area contributed by atoms with Crippen molar-refractivity contribution >= 4 is 11.7 Å². The Morgan fingerprint density at radius 3 is 2.90 bits per heavy atom. The molecule has 0 radical (unpaired) electrons. The number of pyridine rings is 1. The normalized spacial score (nSPS) is 24.6. The highest BCUT2D eigenvalue weighted by atomic mass is 16.4. The highest BCUT2D eigenvalue weighted by molar-refractivity contribution is 6.01. The second-order valence-electron chi connectivity index (χ2n) is 6.18. The van der Waals surface area contributed by atoms with Crippen LogP contribution >= 0.6 is 0 Å². The number of rotatable bonds is 4. The molecule has 2 aliphatic rings. The predicted molar refractivity (Wildman–Crippen MR) is 80.8 cm³/mol. The molecule has 21 heavy (non-hydrogen) atoms. The van der Waals surface area contributed by atoms with Gasteiger partial charge in [0.15, 0.2) is 5.84 Å². The second kappa shape index (κ2) is 5.52. The van der Waals surface area contributed by atoms with Crippen LogP contribution in [0.2, 0.25) is 0 Å². The van der Waals surface area contributed by atoms with Gasteiger partial charge >= 0.3 is 0 Å². The molecule has 0 unspecified atom stereocenters. The number of aliphatic hydroxyl groups is 1. The Bertz CT molecular complexity index is 567. The maximum Gasteiger partial charge on any atom is 0.173 e. The van der Waals surface area contributed by atoms with E-state index in [1.165, 1.54) is 5.56 Å². The van der Waals surface area contributed by atoms with Crippen molar-refractivity contribution < 1.29 is 10.3 Å². The summed E-state index contributed by atoms with van der Waals surface area (Å²) in [5.74, 6) is 1.36. The summed E-state index contributed by atoms with van der Waals surface area (Å²) >= 11 is 0. The molecule has 0 aromatic carbocycles. The Kier molecular flexibility index (Phi) is 3.71. The van der Waals surface area contributed by atoms with E-state index in [0.717, 1.165) is 50.2 Å². The molecular formula is C15H22N4O2. The van der Waals surface area contributed by atoms with Crippen molar-refractivity contribution in [3.8, 4) is 0 Å². The van der Waals surface area contributed by atoms with Crippen LogP contribution in [0.3, 0.4) is 0 Å². The summed E-state index contributed by atoms with van der Waals surface area (Å²) in [5.41, 5.74) is 8.84. The topological polar surface area (TPSA) is 95.0 Å². The summed E-state index contributed by atoms with van der Waals surface area (Å²) in [4.78, 5) is 6.80. The Balaban J connectivity index is 1.88. The molecule has 1 fully saturated rings. The first kappa shape index (κ1) is 14.1. The number of aryl methyl sites for hydroxylation is 2. The van der Waals surface area contributed by atoms with Gasteiger partial charge in [0.05, 0.1) is 11.7 Å². The van der Waals surface area contributed by atoms with Crippen LogP contribution in [0.1, 0.15) is 36.1 Å². The van der Waals surface area contributed by atoms with E-state index in [-0.39, 0.29) is 11.9 Å². The van der Waals surface area contributed by atoms with Crippen molar-refractivity contribution in [3.05, 3.63) is 22.9 Å². The highest BCUT2D eigenvalue weighted by Gasteiger charge is 2.29. The van der Waals surface area contributed by atoms with Crippen molar-refractivity contribution in [2.24, 2.45) is 16.8 Å². The van der Waals surface area contributed by atoms with Gasteiger partial charge in [-0.05, 0) is 49.7 Å². The van der Waals surface area contributed by atoms with Gasteiger partial charge < -0.3 is 20.9 Å². The molecule has 114 valence electrons. The number of hydrogen-bond acceptors (Lipinski definition) is 5. The maximum atomic E-state index is 9.40. The van der Waals surface area contributed by atoms with Gasteiger partial charge in [-0.25, -0.2) is 4.98 Å². The van der Waals surface area contributed by atoms with Crippen molar-refractivity contribution in [1.29, 1.82) is 0 Å². The Hall–Kier alpha value is -1.82. The molecule has 1 saturated carbocycles. The molecule has 3 rings (SSSR count). The Morgan fingerprint density at radius 1 is 1.48 bits per heavy atom. The molecular weight excluding hydrogens is 268 g/mol. The molecule has 0 aliphatic heterocycles. The van der Waals surface area contributed by atoms with Gasteiger partial charge in [-0.1, -0.05) is 5.16 Å². The van der Waals surface area contributed by atoms with Gasteiger partial charge in [0.25, 0.3) is 0 Å². The lowest BCUT2D eigenvalue weighted by atomic mass is 9.82. The van der Waals surface area contributed by atoms with Crippen LogP contribution in [0, 0.1) is 5.92 Å². The van der Waals surface area contributed by atoms with Crippen LogP contribution in [0.5, 0.6) is 0 Å². The smallest absolute Gasteiger partial charge is 0.173 e. The first-order valence-corrected chi connectivity index (χ1v) is 7.48. The molecule has 0 bridgehead atoms. The van der Waals surface area contributed by atoms with E-state index in [4.69, 9.17) is 15.9 Å². The van der Waals surface area contributed by atoms with Crippen molar-refractivity contribution in [1.82, 2.24) is 4.98 Å². The third kappa shape index (κ3) is 2.68. The summed E-state index contributed by atoms with van der Waals surface area (Å²) in [6.07, 6.45) is 4.64. The van der Waals surface area contributed by atoms with E-state index in [9.17, 15) is 5.11 Å². The molecule has 0 saturated heterocycles. The average molecular weight is 290 g/mol. The van der Waals surface area contributed by atoms with E-state index in [2.05, 4.69) is 10.1 Å². The largest absolute Gasteiger partial charge is 0.409 e. The number of hydrogen-bond donors (Lipinski definition) is 3. The minimum atomic E-state index is -0.153. The Labute approximate surface area is 124 Å². The number of oxime groups is 1. The molecule has 1 heterocycles. The third-order valence-electron chi connectivity index (χ3n) is 4.52. The van der Waals surface area contributed by atoms with Crippen LogP contribution < -0.4 is 10.6 Å². The van der Waals surface area contributed by atoms with Gasteiger partial charge in [0.2, 0.25) is 0 Å². The molecule has 1 aromatic rings. The average Bonchev–Trinajstić information content (AvgIpc) is 2.90. The third-order valence-corrected chi connectivity index (χ3v) is 4.52. The molecule has 2 aliphatic carbocycles. The zero-order valence-corrected chi connectivity index (χ0v) is 12.3. The second-order valence-corrected chi connectivity index (χ2v) is 6.18. The fraction of sp³-hybridized carbons (Fsp3) is 0.600. The molecule has 4 N–H and O–H groups in total. The van der Waals surface area contributed by atoms with Gasteiger partial charge in [0, 0.05) is 19.3 Å². The SMILES string of the molecule is CN(CC1CC(O)C1)c1nc2c(cc1C(N)=NO)CCC2. The van der Waals surface area contributed by atoms with Crippen LogP contribution in [-0.2, 0) is 12.8 Å². The number of amidine groups is 1. The zero-order chi connectivity index (χ0) is 15.0. The number of aromatic nitrogens is 1. The predicted octanol–water partition coefficient (Wildman–Crippen LogP) is 0.872. The number of nitrogens with two attached hydrogens (primary N) is 1. The van der Waals surface area contributed by atoms with Crippen LogP contribution in [-0.4, -0.2) is 40.8 Å². The van der Waals surface area contributed by atoms with Crippen molar-refractivity contribution in [2.75, 3.05) is 18.5 Å². The maximum absolute atomic E-state index is 9.40. The number of aliphatic hydroxyl groups excluding tert-OH is 1. The summed E-state index contributed by atoms with van der Waals surface area (Å²) in [6.45, 7) is 0.828. The van der Waals surface area contributed by atoms with Gasteiger partial charge in [0.1, 0.15) is 5.82 Å². The lowest BCUT2D eigenvalue weighted by Gasteiger charge is -2.35. The standard InChI is InChI=1S/C15H22N4O2/c1-19(8-9-5-11(20)6-9)15-12(14(16)18-21)7-10-3-2-4-13(10)17-15/h7,9,11,20-21H,2-6,8H2,1H3,(H2,16,18). The van der Waals surface area contributed by atoms with E-state index in [1.54, 1.807) is 0 Å². The fourth-order valence-electron chi connectivity index (χ4n) is 3.32. The van der Waals surface area contributed by atoms with E-state index in [1.807, 2.05) is 13.1 Å². The molecule has 6 heteroatoms. The summed E-state index contributed by atoms with van der Waals surface area (Å²) < 4.78 is 0. The molecule has 0 amide bonds. The molecule has 0 spiro atoms. The molecule has 6 nitrogen and oxygen atoms in total. The van der Waals surface area contributed by atoms with E-state index < -0.39 is 0 Å². The van der Waals surface area contributed by atoms with E-state index >= 15 is 0 Å². The van der Waals surface area contributed by atoms with Gasteiger partial charge in [-0.3, -0.25) is 0 Å². The minimum absolute atomic E-state index is 0.104. The fourth-order valence-corrected chi connectivity index (χ4v) is 3.32. The number of fused-ring (bicyclic) bond motifs is 1. The molecule has 0 atom stereocenters. The summed E-state index contributed by atoms with van der Waals surface area (Å²) in [6, 6.07) is 2.01. The monoisotopic (exact) mass is 290 g/mol. The van der Waals surface area contributed by atoms with Crippen molar-refractivity contribution in [3.63, 3.8) is 0 Å². The lowest BCUT2D eigenvalue weighted by Crippen LogP contribution is -2.38. The van der Waals surface area contributed by atoms with Gasteiger partial charge in [-0.15, -0.1) is 0 Å². The van der Waals surface area contributed by atoms with E-state index in [0.29, 0.717) is 11.5 Å². The highest BCUT2D eigenvalue weighted by Crippen LogP contribution is 2.31.